The third-order valence-corrected chi connectivity index (χ3v) is 11.4. The number of nitrogens with one attached hydrogen (secondary N) is 2. The van der Waals surface area contributed by atoms with Crippen molar-refractivity contribution in [3.05, 3.63) is 198 Å². The first-order chi connectivity index (χ1) is 28.7. The molecule has 1 unspecified atom stereocenters. The number of benzene rings is 5. The van der Waals surface area contributed by atoms with Gasteiger partial charge in [-0.15, -0.1) is 0 Å². The zero-order valence-corrected chi connectivity index (χ0v) is 31.7. The number of nitrogens with zero attached hydrogens (tertiary/aromatic N) is 2. The lowest BCUT2D eigenvalue weighted by atomic mass is 9.92. The second-order valence-corrected chi connectivity index (χ2v) is 14.9. The number of para-hydroxylation sites is 1. The van der Waals surface area contributed by atoms with Crippen molar-refractivity contribution in [2.75, 3.05) is 0 Å². The van der Waals surface area contributed by atoms with Crippen LogP contribution in [0.2, 0.25) is 0 Å². The Labute approximate surface area is 336 Å². The van der Waals surface area contributed by atoms with E-state index in [1.807, 2.05) is 0 Å². The van der Waals surface area contributed by atoms with Crippen LogP contribution in [-0.2, 0) is 6.42 Å². The normalized spacial score (nSPS) is 14.4. The van der Waals surface area contributed by atoms with Gasteiger partial charge >= 0.3 is 0 Å². The van der Waals surface area contributed by atoms with E-state index in [9.17, 15) is 0 Å². The van der Waals surface area contributed by atoms with Gasteiger partial charge in [0.15, 0.2) is 0 Å². The zero-order chi connectivity index (χ0) is 38.4. The largest absolute Gasteiger partial charge is 0.485 e. The minimum atomic E-state index is -0.200. The molecule has 0 saturated carbocycles. The Kier molecular flexibility index (Phi) is 8.29. The number of rotatable bonds is 5. The first-order valence-corrected chi connectivity index (χ1v) is 19.9. The summed E-state index contributed by atoms with van der Waals surface area (Å²) in [5.74, 6) is 0.933. The molecule has 0 saturated heterocycles. The van der Waals surface area contributed by atoms with Gasteiger partial charge in [-0.3, -0.25) is 0 Å². The number of hydrogen-bond acceptors (Lipinski definition) is 3. The van der Waals surface area contributed by atoms with Gasteiger partial charge in [0.2, 0.25) is 0 Å². The number of hydrogen-bond donors (Lipinski definition) is 2. The van der Waals surface area contributed by atoms with Crippen molar-refractivity contribution in [2.24, 2.45) is 0 Å². The number of H-pyrrole nitrogens is 2. The molecule has 5 nitrogen and oxygen atoms in total. The molecule has 8 bridgehead atoms. The van der Waals surface area contributed by atoms with Crippen molar-refractivity contribution < 1.29 is 4.74 Å². The predicted octanol–water partition coefficient (Wildman–Crippen LogP) is 13.1. The van der Waals surface area contributed by atoms with Gasteiger partial charge in [0.05, 0.1) is 22.8 Å². The Balaban J connectivity index is 1.31. The van der Waals surface area contributed by atoms with Gasteiger partial charge in [0, 0.05) is 49.9 Å². The van der Waals surface area contributed by atoms with E-state index in [-0.39, 0.29) is 6.10 Å². The predicted molar refractivity (Wildman–Crippen MR) is 239 cm³/mol. The number of aromatic nitrogens is 4. The van der Waals surface area contributed by atoms with Crippen molar-refractivity contribution in [2.45, 2.75) is 18.9 Å². The minimum absolute atomic E-state index is 0.200. The van der Waals surface area contributed by atoms with Gasteiger partial charge in [-0.25, -0.2) is 9.97 Å². The second-order valence-electron chi connectivity index (χ2n) is 14.9. The summed E-state index contributed by atoms with van der Waals surface area (Å²) in [6, 6.07) is 59.4. The highest BCUT2D eigenvalue weighted by Crippen LogP contribution is 2.43. The SMILES string of the molecule is C1=Cc2nc1c(-c1ccccc1)c1ccc([nH]1)c(-c1ccccc1)c1nc(c(-c3ccccc3)c3ccc([nH]3)c2-c2ccccc2)C(C2CCc3ccccc3O2)=C1. The molecule has 11 rings (SSSR count). The number of aromatic amines is 2. The maximum atomic E-state index is 6.92. The Morgan fingerprint density at radius 2 is 0.862 bits per heavy atom. The summed E-state index contributed by atoms with van der Waals surface area (Å²) >= 11 is 0. The molecule has 8 aromatic rings. The number of aryl methyl sites for hydroxylation is 1. The first kappa shape index (κ1) is 33.8. The molecule has 0 spiro atoms. The Hall–Kier alpha value is -7.50. The van der Waals surface area contributed by atoms with E-state index in [1.54, 1.807) is 0 Å². The van der Waals surface area contributed by atoms with Gasteiger partial charge in [-0.1, -0.05) is 140 Å². The highest BCUT2D eigenvalue weighted by molar-refractivity contribution is 6.02. The van der Waals surface area contributed by atoms with E-state index >= 15 is 0 Å². The third kappa shape index (κ3) is 5.96. The van der Waals surface area contributed by atoms with Crippen molar-refractivity contribution in [3.63, 3.8) is 0 Å². The van der Waals surface area contributed by atoms with E-state index in [2.05, 4.69) is 198 Å². The molecular weight excluding hydrogens is 709 g/mol. The average Bonchev–Trinajstić information content (AvgIpc) is 4.13. The lowest BCUT2D eigenvalue weighted by molar-refractivity contribution is 0.228. The van der Waals surface area contributed by atoms with Crippen molar-refractivity contribution in [1.82, 2.24) is 19.9 Å². The molecule has 0 fully saturated rings. The molecule has 0 amide bonds. The van der Waals surface area contributed by atoms with Gasteiger partial charge in [-0.2, -0.15) is 0 Å². The molecular formula is C53H38N4O. The van der Waals surface area contributed by atoms with Gasteiger partial charge in [-0.05, 0) is 89.2 Å². The van der Waals surface area contributed by atoms with Crippen molar-refractivity contribution in [1.29, 1.82) is 0 Å². The van der Waals surface area contributed by atoms with Crippen molar-refractivity contribution >= 4 is 45.9 Å². The van der Waals surface area contributed by atoms with Crippen LogP contribution in [0.15, 0.2) is 170 Å². The molecule has 6 heterocycles. The quantitative estimate of drug-likeness (QED) is 0.184. The summed E-state index contributed by atoms with van der Waals surface area (Å²) in [5.41, 5.74) is 18.2. The van der Waals surface area contributed by atoms with Crippen molar-refractivity contribution in [3.8, 4) is 50.3 Å². The fourth-order valence-corrected chi connectivity index (χ4v) is 8.73. The molecule has 3 aliphatic heterocycles. The van der Waals surface area contributed by atoms with Crippen LogP contribution in [0.3, 0.4) is 0 Å². The Morgan fingerprint density at radius 3 is 1.38 bits per heavy atom. The molecule has 3 aliphatic rings. The smallest absolute Gasteiger partial charge is 0.126 e. The summed E-state index contributed by atoms with van der Waals surface area (Å²) in [4.78, 5) is 18.9. The number of ether oxygens (including phenoxy) is 1. The monoisotopic (exact) mass is 746 g/mol. The molecule has 5 aromatic carbocycles. The Bertz CT molecular complexity index is 3070. The maximum absolute atomic E-state index is 6.92. The van der Waals surface area contributed by atoms with E-state index < -0.39 is 0 Å². The second kappa shape index (κ2) is 14.2. The Morgan fingerprint density at radius 1 is 0.431 bits per heavy atom. The van der Waals surface area contributed by atoms with E-state index in [1.165, 1.54) is 5.56 Å². The molecule has 1 atom stereocenters. The van der Waals surface area contributed by atoms with Crippen LogP contribution < -0.4 is 4.74 Å². The summed E-state index contributed by atoms with van der Waals surface area (Å²) in [7, 11) is 0. The highest BCUT2D eigenvalue weighted by Gasteiger charge is 2.30. The molecule has 3 aromatic heterocycles. The lowest BCUT2D eigenvalue weighted by Crippen LogP contribution is -2.23. The van der Waals surface area contributed by atoms with Gasteiger partial charge in [0.1, 0.15) is 11.9 Å². The summed E-state index contributed by atoms with van der Waals surface area (Å²) in [5, 5.41) is 0. The topological polar surface area (TPSA) is 66.6 Å². The molecule has 5 heteroatoms. The fourth-order valence-electron chi connectivity index (χ4n) is 8.73. The van der Waals surface area contributed by atoms with Crippen LogP contribution in [0.5, 0.6) is 5.75 Å². The van der Waals surface area contributed by atoms with E-state index in [0.717, 1.165) is 114 Å². The summed E-state index contributed by atoms with van der Waals surface area (Å²) in [6.45, 7) is 0. The minimum Gasteiger partial charge on any atom is -0.485 e. The summed E-state index contributed by atoms with van der Waals surface area (Å²) in [6.07, 6.45) is 8.13. The maximum Gasteiger partial charge on any atom is 0.126 e. The summed E-state index contributed by atoms with van der Waals surface area (Å²) < 4.78 is 6.92. The molecule has 2 N–H and O–H groups in total. The van der Waals surface area contributed by atoms with Crippen LogP contribution in [0.4, 0.5) is 0 Å². The van der Waals surface area contributed by atoms with Crippen LogP contribution >= 0.6 is 0 Å². The number of fused-ring (bicyclic) bond motifs is 9. The molecule has 0 aliphatic carbocycles. The fraction of sp³-hybridized carbons (Fsp3) is 0.0566. The van der Waals surface area contributed by atoms with Crippen LogP contribution in [-0.4, -0.2) is 26.0 Å². The van der Waals surface area contributed by atoms with Gasteiger partial charge < -0.3 is 14.7 Å². The van der Waals surface area contributed by atoms with E-state index in [4.69, 9.17) is 14.7 Å². The van der Waals surface area contributed by atoms with Gasteiger partial charge in [0.25, 0.3) is 0 Å². The molecule has 0 radical (unpaired) electrons. The molecule has 276 valence electrons. The van der Waals surface area contributed by atoms with E-state index in [0.29, 0.717) is 0 Å². The van der Waals surface area contributed by atoms with Crippen LogP contribution in [0, 0.1) is 0 Å². The standard InChI is InChI=1S/C53H38N4O/c1-5-16-35(17-6-1)49-40-26-27-41(54-40)50(36-18-7-2-8-19-36)43-30-31-45(56-43)52(38-22-11-4-12-23-38)53-39(48-32-25-34-15-13-14-24-47(34)58-48)33-46(57-53)51(37-20-9-3-10-21-37)44-29-28-42(49)55-44/h1-24,26-31,33,48,55-56H,25,32H2. The first-order valence-electron chi connectivity index (χ1n) is 19.9. The lowest BCUT2D eigenvalue weighted by Gasteiger charge is -2.27. The molecule has 58 heavy (non-hydrogen) atoms. The highest BCUT2D eigenvalue weighted by atomic mass is 16.5. The average molecular weight is 747 g/mol. The third-order valence-electron chi connectivity index (χ3n) is 11.4. The zero-order valence-electron chi connectivity index (χ0n) is 31.7. The van der Waals surface area contributed by atoms with Crippen LogP contribution in [0.25, 0.3) is 90.4 Å². The van der Waals surface area contributed by atoms with Crippen LogP contribution in [0.1, 0.15) is 34.8 Å².